The zero-order valence-electron chi connectivity index (χ0n) is 18.3. The average molecular weight is 401 g/mol. The first-order chi connectivity index (χ1) is 14.0. The molecule has 1 aromatic heterocycles. The van der Waals surface area contributed by atoms with Crippen molar-refractivity contribution in [3.8, 4) is 0 Å². The number of pyridine rings is 1. The van der Waals surface area contributed by atoms with Gasteiger partial charge in [0.15, 0.2) is 0 Å². The smallest absolute Gasteiger partial charge is 0.255 e. The SMILES string of the molecule is CCN1CCCN(c2ccc(C(=O)N3CCCC(C(=O)CC(C)C)C3)cn2)CC1. The van der Waals surface area contributed by atoms with E-state index in [1.165, 1.54) is 0 Å². The number of carbonyl (C=O) groups excluding carboxylic acids is 2. The molecular formula is C23H36N4O2. The van der Waals surface area contributed by atoms with Crippen LogP contribution in [0.25, 0.3) is 0 Å². The minimum atomic E-state index is -0.0130. The molecule has 1 unspecified atom stereocenters. The number of piperidine rings is 1. The van der Waals surface area contributed by atoms with Crippen LogP contribution >= 0.6 is 0 Å². The van der Waals surface area contributed by atoms with Gasteiger partial charge in [-0.3, -0.25) is 9.59 Å². The van der Waals surface area contributed by atoms with E-state index in [0.717, 1.165) is 64.3 Å². The molecule has 0 N–H and O–H groups in total. The summed E-state index contributed by atoms with van der Waals surface area (Å²) in [6.45, 7) is 12.9. The second kappa shape index (κ2) is 10.2. The first-order valence-electron chi connectivity index (χ1n) is 11.2. The number of hydrogen-bond donors (Lipinski definition) is 0. The highest BCUT2D eigenvalue weighted by Crippen LogP contribution is 2.22. The van der Waals surface area contributed by atoms with Crippen LogP contribution in [0.5, 0.6) is 0 Å². The van der Waals surface area contributed by atoms with Crippen molar-refractivity contribution in [1.82, 2.24) is 14.8 Å². The maximum Gasteiger partial charge on any atom is 0.255 e. The molecule has 29 heavy (non-hydrogen) atoms. The Morgan fingerprint density at radius 3 is 2.62 bits per heavy atom. The van der Waals surface area contributed by atoms with E-state index < -0.39 is 0 Å². The number of likely N-dealkylation sites (tertiary alicyclic amines) is 1. The molecule has 1 amide bonds. The molecule has 2 saturated heterocycles. The van der Waals surface area contributed by atoms with Gasteiger partial charge in [-0.15, -0.1) is 0 Å². The van der Waals surface area contributed by atoms with E-state index in [1.54, 1.807) is 6.20 Å². The van der Waals surface area contributed by atoms with Crippen LogP contribution in [0.3, 0.4) is 0 Å². The third-order valence-corrected chi connectivity index (χ3v) is 6.13. The molecule has 1 atom stereocenters. The molecule has 2 aliphatic heterocycles. The van der Waals surface area contributed by atoms with Crippen molar-refractivity contribution < 1.29 is 9.59 Å². The van der Waals surface area contributed by atoms with Crippen LogP contribution < -0.4 is 4.90 Å². The standard InChI is InChI=1S/C23H36N4O2/c1-4-25-10-6-12-26(14-13-25)22-9-8-19(16-24-22)23(29)27-11-5-7-20(17-27)21(28)15-18(2)3/h8-9,16,18,20H,4-7,10-15,17H2,1-3H3. The van der Waals surface area contributed by atoms with E-state index in [2.05, 4.69) is 35.6 Å². The minimum Gasteiger partial charge on any atom is -0.355 e. The van der Waals surface area contributed by atoms with Gasteiger partial charge in [-0.2, -0.15) is 0 Å². The number of anilines is 1. The highest BCUT2D eigenvalue weighted by atomic mass is 16.2. The highest BCUT2D eigenvalue weighted by molar-refractivity contribution is 5.94. The van der Waals surface area contributed by atoms with Crippen molar-refractivity contribution in [2.24, 2.45) is 11.8 Å². The van der Waals surface area contributed by atoms with E-state index in [1.807, 2.05) is 17.0 Å². The first kappa shape index (κ1) is 21.8. The van der Waals surface area contributed by atoms with Crippen molar-refractivity contribution in [3.05, 3.63) is 23.9 Å². The van der Waals surface area contributed by atoms with Crippen molar-refractivity contribution in [1.29, 1.82) is 0 Å². The van der Waals surface area contributed by atoms with Crippen LogP contribution in [0, 0.1) is 11.8 Å². The van der Waals surface area contributed by atoms with Gasteiger partial charge in [0.1, 0.15) is 11.6 Å². The fraction of sp³-hybridized carbons (Fsp3) is 0.696. The number of rotatable bonds is 6. The van der Waals surface area contributed by atoms with Crippen molar-refractivity contribution >= 4 is 17.5 Å². The van der Waals surface area contributed by atoms with Gasteiger partial charge in [-0.1, -0.05) is 20.8 Å². The van der Waals surface area contributed by atoms with E-state index >= 15 is 0 Å². The van der Waals surface area contributed by atoms with Crippen molar-refractivity contribution in [2.75, 3.05) is 50.7 Å². The van der Waals surface area contributed by atoms with E-state index in [0.29, 0.717) is 30.2 Å². The predicted molar refractivity (Wildman–Crippen MR) is 116 cm³/mol. The first-order valence-corrected chi connectivity index (χ1v) is 11.2. The fourth-order valence-corrected chi connectivity index (χ4v) is 4.39. The summed E-state index contributed by atoms with van der Waals surface area (Å²) in [4.78, 5) is 36.6. The Balaban J connectivity index is 1.60. The summed E-state index contributed by atoms with van der Waals surface area (Å²) in [6.07, 6.45) is 5.24. The number of nitrogens with zero attached hydrogens (tertiary/aromatic N) is 4. The van der Waals surface area contributed by atoms with Gasteiger partial charge in [0, 0.05) is 51.3 Å². The molecule has 0 bridgehead atoms. The Hall–Kier alpha value is -1.95. The summed E-state index contributed by atoms with van der Waals surface area (Å²) >= 11 is 0. The maximum absolute atomic E-state index is 13.0. The maximum atomic E-state index is 13.0. The van der Waals surface area contributed by atoms with Crippen LogP contribution in [0.4, 0.5) is 5.82 Å². The van der Waals surface area contributed by atoms with Gasteiger partial charge in [0.05, 0.1) is 5.56 Å². The van der Waals surface area contributed by atoms with Crippen LogP contribution in [0.15, 0.2) is 18.3 Å². The highest BCUT2D eigenvalue weighted by Gasteiger charge is 2.29. The lowest BCUT2D eigenvalue weighted by atomic mass is 9.89. The predicted octanol–water partition coefficient (Wildman–Crippen LogP) is 3.08. The van der Waals surface area contributed by atoms with E-state index in [-0.39, 0.29) is 11.8 Å². The summed E-state index contributed by atoms with van der Waals surface area (Å²) in [6, 6.07) is 3.87. The van der Waals surface area contributed by atoms with Gasteiger partial charge in [-0.25, -0.2) is 4.98 Å². The summed E-state index contributed by atoms with van der Waals surface area (Å²) in [5, 5.41) is 0. The van der Waals surface area contributed by atoms with Gasteiger partial charge < -0.3 is 14.7 Å². The Bertz CT molecular complexity index is 689. The van der Waals surface area contributed by atoms with Crippen LogP contribution in [-0.2, 0) is 4.79 Å². The zero-order chi connectivity index (χ0) is 20.8. The molecule has 6 nitrogen and oxygen atoms in total. The lowest BCUT2D eigenvalue weighted by Crippen LogP contribution is -2.42. The molecule has 2 aliphatic rings. The second-order valence-corrected chi connectivity index (χ2v) is 8.83. The Labute approximate surface area is 175 Å². The van der Waals surface area contributed by atoms with Gasteiger partial charge >= 0.3 is 0 Å². The summed E-state index contributed by atoms with van der Waals surface area (Å²) in [5.41, 5.74) is 0.621. The minimum absolute atomic E-state index is 0.000813. The number of Topliss-reactive ketones (excluding diaryl/α,β-unsaturated/α-hetero) is 1. The molecule has 0 saturated carbocycles. The number of ketones is 1. The van der Waals surface area contributed by atoms with Crippen molar-refractivity contribution in [3.63, 3.8) is 0 Å². The molecule has 0 radical (unpaired) electrons. The molecule has 1 aromatic rings. The lowest BCUT2D eigenvalue weighted by Gasteiger charge is -2.32. The molecular weight excluding hydrogens is 364 g/mol. The van der Waals surface area contributed by atoms with Crippen LogP contribution in [0.1, 0.15) is 56.8 Å². The van der Waals surface area contributed by atoms with Crippen molar-refractivity contribution in [2.45, 2.75) is 46.5 Å². The largest absolute Gasteiger partial charge is 0.355 e. The molecule has 0 aromatic carbocycles. The van der Waals surface area contributed by atoms with Crippen LogP contribution in [-0.4, -0.2) is 72.3 Å². The fourth-order valence-electron chi connectivity index (χ4n) is 4.39. The quantitative estimate of drug-likeness (QED) is 0.734. The molecule has 160 valence electrons. The monoisotopic (exact) mass is 400 g/mol. The number of likely N-dealkylation sites (N-methyl/N-ethyl adjacent to an activating group) is 1. The molecule has 3 rings (SSSR count). The van der Waals surface area contributed by atoms with Gasteiger partial charge in [0.25, 0.3) is 5.91 Å². The van der Waals surface area contributed by atoms with E-state index in [9.17, 15) is 9.59 Å². The topological polar surface area (TPSA) is 56.8 Å². The van der Waals surface area contributed by atoms with Gasteiger partial charge in [0.2, 0.25) is 0 Å². The number of amides is 1. The third-order valence-electron chi connectivity index (χ3n) is 6.13. The molecule has 6 heteroatoms. The third kappa shape index (κ3) is 5.78. The zero-order valence-corrected chi connectivity index (χ0v) is 18.3. The Morgan fingerprint density at radius 1 is 1.10 bits per heavy atom. The number of hydrogen-bond acceptors (Lipinski definition) is 5. The second-order valence-electron chi connectivity index (χ2n) is 8.83. The summed E-state index contributed by atoms with van der Waals surface area (Å²) in [7, 11) is 0. The van der Waals surface area contributed by atoms with E-state index in [4.69, 9.17) is 0 Å². The number of aromatic nitrogens is 1. The lowest BCUT2D eigenvalue weighted by molar-refractivity contribution is -0.124. The number of carbonyl (C=O) groups is 2. The molecule has 3 heterocycles. The molecule has 0 spiro atoms. The molecule has 2 fully saturated rings. The average Bonchev–Trinajstić information content (AvgIpc) is 2.98. The van der Waals surface area contributed by atoms with Crippen LogP contribution in [0.2, 0.25) is 0 Å². The Kier molecular flexibility index (Phi) is 7.64. The van der Waals surface area contributed by atoms with Gasteiger partial charge in [-0.05, 0) is 50.4 Å². The summed E-state index contributed by atoms with van der Waals surface area (Å²) in [5.74, 6) is 1.60. The molecule has 0 aliphatic carbocycles. The normalized spacial score (nSPS) is 21.3. The Morgan fingerprint density at radius 2 is 1.93 bits per heavy atom. The summed E-state index contributed by atoms with van der Waals surface area (Å²) < 4.78 is 0.